The van der Waals surface area contributed by atoms with Crippen molar-refractivity contribution in [1.29, 1.82) is 0 Å². The number of aryl methyl sites for hydroxylation is 2. The van der Waals surface area contributed by atoms with Crippen molar-refractivity contribution in [2.24, 2.45) is 5.73 Å². The molecule has 0 aromatic heterocycles. The zero-order valence-corrected chi connectivity index (χ0v) is 10.4. The van der Waals surface area contributed by atoms with Gasteiger partial charge >= 0.3 is 0 Å². The summed E-state index contributed by atoms with van der Waals surface area (Å²) in [5, 5.41) is 0. The molecule has 2 N–H and O–H groups in total. The summed E-state index contributed by atoms with van der Waals surface area (Å²) >= 11 is 0. The number of Topliss-reactive ketones (excluding diaryl/α,β-unsaturated/α-hetero) is 1. The molecule has 2 heteroatoms. The highest BCUT2D eigenvalue weighted by molar-refractivity contribution is 5.86. The molecule has 1 unspecified atom stereocenters. The van der Waals surface area contributed by atoms with Crippen LogP contribution in [0.2, 0.25) is 0 Å². The second kappa shape index (κ2) is 5.80. The Bertz CT molecular complexity index is 371. The molecule has 0 aliphatic heterocycles. The SMILES string of the molecule is CCCC(N)C(=O)Cc1cc(C)ccc1C. The van der Waals surface area contributed by atoms with Gasteiger partial charge in [0, 0.05) is 6.42 Å². The van der Waals surface area contributed by atoms with E-state index < -0.39 is 0 Å². The molecule has 0 aliphatic rings. The van der Waals surface area contributed by atoms with Crippen LogP contribution in [0.4, 0.5) is 0 Å². The van der Waals surface area contributed by atoms with E-state index in [-0.39, 0.29) is 11.8 Å². The zero-order chi connectivity index (χ0) is 12.1. The first kappa shape index (κ1) is 12.9. The molecular formula is C14H21NO. The summed E-state index contributed by atoms with van der Waals surface area (Å²) < 4.78 is 0. The molecule has 0 radical (unpaired) electrons. The van der Waals surface area contributed by atoms with E-state index in [1.807, 2.05) is 20.8 Å². The highest BCUT2D eigenvalue weighted by atomic mass is 16.1. The van der Waals surface area contributed by atoms with Gasteiger partial charge in [-0.2, -0.15) is 0 Å². The second-order valence-electron chi connectivity index (χ2n) is 4.47. The van der Waals surface area contributed by atoms with Gasteiger partial charge in [-0.05, 0) is 31.4 Å². The standard InChI is InChI=1S/C14H21NO/c1-4-5-13(15)14(16)9-12-8-10(2)6-7-11(12)3/h6-8,13H,4-5,9,15H2,1-3H3. The smallest absolute Gasteiger partial charge is 0.153 e. The lowest BCUT2D eigenvalue weighted by Gasteiger charge is -2.11. The molecule has 1 atom stereocenters. The minimum absolute atomic E-state index is 0.149. The Kier molecular flexibility index (Phi) is 4.69. The molecule has 0 saturated heterocycles. The van der Waals surface area contributed by atoms with Crippen molar-refractivity contribution in [3.05, 3.63) is 34.9 Å². The Hall–Kier alpha value is -1.15. The van der Waals surface area contributed by atoms with Crippen molar-refractivity contribution in [1.82, 2.24) is 0 Å². The fraction of sp³-hybridized carbons (Fsp3) is 0.500. The van der Waals surface area contributed by atoms with Gasteiger partial charge in [0.2, 0.25) is 0 Å². The monoisotopic (exact) mass is 219 g/mol. The molecule has 1 aromatic rings. The highest BCUT2D eigenvalue weighted by Crippen LogP contribution is 2.12. The maximum Gasteiger partial charge on any atom is 0.153 e. The number of hydrogen-bond acceptors (Lipinski definition) is 2. The van der Waals surface area contributed by atoms with Crippen molar-refractivity contribution >= 4 is 5.78 Å². The summed E-state index contributed by atoms with van der Waals surface area (Å²) in [4.78, 5) is 11.8. The number of hydrogen-bond donors (Lipinski definition) is 1. The third kappa shape index (κ3) is 3.46. The molecular weight excluding hydrogens is 198 g/mol. The van der Waals surface area contributed by atoms with E-state index in [2.05, 4.69) is 18.2 Å². The topological polar surface area (TPSA) is 43.1 Å². The van der Waals surface area contributed by atoms with Gasteiger partial charge in [-0.15, -0.1) is 0 Å². The van der Waals surface area contributed by atoms with Crippen molar-refractivity contribution in [2.75, 3.05) is 0 Å². The van der Waals surface area contributed by atoms with E-state index in [1.165, 1.54) is 11.1 Å². The molecule has 2 nitrogen and oxygen atoms in total. The minimum atomic E-state index is -0.301. The van der Waals surface area contributed by atoms with Gasteiger partial charge < -0.3 is 5.73 Å². The molecule has 0 saturated carbocycles. The number of rotatable bonds is 5. The van der Waals surface area contributed by atoms with Crippen LogP contribution in [0.1, 0.15) is 36.5 Å². The van der Waals surface area contributed by atoms with E-state index in [4.69, 9.17) is 5.73 Å². The summed E-state index contributed by atoms with van der Waals surface area (Å²) in [6.07, 6.45) is 2.21. The third-order valence-electron chi connectivity index (χ3n) is 2.88. The number of nitrogens with two attached hydrogens (primary N) is 1. The Morgan fingerprint density at radius 3 is 2.69 bits per heavy atom. The summed E-state index contributed by atoms with van der Waals surface area (Å²) in [5.41, 5.74) is 9.28. The molecule has 0 bridgehead atoms. The van der Waals surface area contributed by atoms with Gasteiger partial charge in [0.05, 0.1) is 6.04 Å². The lowest BCUT2D eigenvalue weighted by molar-refractivity contribution is -0.119. The minimum Gasteiger partial charge on any atom is -0.321 e. The van der Waals surface area contributed by atoms with Crippen LogP contribution in [0.5, 0.6) is 0 Å². The summed E-state index contributed by atoms with van der Waals surface area (Å²) in [6.45, 7) is 6.12. The molecule has 0 amide bonds. The van der Waals surface area contributed by atoms with E-state index in [0.717, 1.165) is 18.4 Å². The van der Waals surface area contributed by atoms with Gasteiger partial charge in [0.1, 0.15) is 0 Å². The van der Waals surface area contributed by atoms with Gasteiger partial charge in [-0.25, -0.2) is 0 Å². The van der Waals surface area contributed by atoms with Crippen LogP contribution in [-0.2, 0) is 11.2 Å². The van der Waals surface area contributed by atoms with Crippen LogP contribution in [0.15, 0.2) is 18.2 Å². The average Bonchev–Trinajstić information content (AvgIpc) is 2.23. The van der Waals surface area contributed by atoms with Crippen molar-refractivity contribution in [3.63, 3.8) is 0 Å². The van der Waals surface area contributed by atoms with E-state index in [1.54, 1.807) is 0 Å². The number of carbonyl (C=O) groups is 1. The maximum atomic E-state index is 11.8. The highest BCUT2D eigenvalue weighted by Gasteiger charge is 2.13. The molecule has 0 aliphatic carbocycles. The summed E-state index contributed by atoms with van der Waals surface area (Å²) in [7, 11) is 0. The van der Waals surface area contributed by atoms with Crippen LogP contribution in [0, 0.1) is 13.8 Å². The quantitative estimate of drug-likeness (QED) is 0.827. The van der Waals surface area contributed by atoms with Crippen LogP contribution in [0.25, 0.3) is 0 Å². The van der Waals surface area contributed by atoms with E-state index in [0.29, 0.717) is 6.42 Å². The molecule has 1 aromatic carbocycles. The molecule has 88 valence electrons. The Labute approximate surface area is 97.9 Å². The molecule has 0 heterocycles. The predicted octanol–water partition coefficient (Wildman–Crippen LogP) is 2.54. The number of carbonyl (C=O) groups excluding carboxylic acids is 1. The predicted molar refractivity (Wildman–Crippen MR) is 67.5 cm³/mol. The van der Waals surface area contributed by atoms with Gasteiger partial charge in [-0.1, -0.05) is 37.1 Å². The van der Waals surface area contributed by atoms with Gasteiger partial charge in [-0.3, -0.25) is 4.79 Å². The van der Waals surface area contributed by atoms with Crippen LogP contribution in [0.3, 0.4) is 0 Å². The van der Waals surface area contributed by atoms with Crippen molar-refractivity contribution in [2.45, 2.75) is 46.1 Å². The van der Waals surface area contributed by atoms with Gasteiger partial charge in [0.25, 0.3) is 0 Å². The number of ketones is 1. The molecule has 0 spiro atoms. The lowest BCUT2D eigenvalue weighted by atomic mass is 9.97. The Morgan fingerprint density at radius 2 is 2.06 bits per heavy atom. The van der Waals surface area contributed by atoms with Crippen molar-refractivity contribution in [3.8, 4) is 0 Å². The lowest BCUT2D eigenvalue weighted by Crippen LogP contribution is -2.31. The Balaban J connectivity index is 2.72. The molecule has 0 fully saturated rings. The normalized spacial score (nSPS) is 12.5. The van der Waals surface area contributed by atoms with E-state index >= 15 is 0 Å². The fourth-order valence-electron chi connectivity index (χ4n) is 1.78. The molecule has 16 heavy (non-hydrogen) atoms. The van der Waals surface area contributed by atoms with Gasteiger partial charge in [0.15, 0.2) is 5.78 Å². The van der Waals surface area contributed by atoms with Crippen molar-refractivity contribution < 1.29 is 4.79 Å². The van der Waals surface area contributed by atoms with E-state index in [9.17, 15) is 4.79 Å². The molecule has 1 rings (SSSR count). The van der Waals surface area contributed by atoms with Crippen LogP contribution < -0.4 is 5.73 Å². The third-order valence-corrected chi connectivity index (χ3v) is 2.88. The Morgan fingerprint density at radius 1 is 1.38 bits per heavy atom. The summed E-state index contributed by atoms with van der Waals surface area (Å²) in [6, 6.07) is 5.90. The average molecular weight is 219 g/mol. The first-order valence-corrected chi connectivity index (χ1v) is 5.89. The number of benzene rings is 1. The van der Waals surface area contributed by atoms with Crippen LogP contribution >= 0.6 is 0 Å². The summed E-state index contributed by atoms with van der Waals surface area (Å²) in [5.74, 6) is 0.149. The largest absolute Gasteiger partial charge is 0.321 e. The van der Waals surface area contributed by atoms with Crippen LogP contribution in [-0.4, -0.2) is 11.8 Å². The maximum absolute atomic E-state index is 11.8. The zero-order valence-electron chi connectivity index (χ0n) is 10.4. The first-order valence-electron chi connectivity index (χ1n) is 5.89. The second-order valence-corrected chi connectivity index (χ2v) is 4.47. The fourth-order valence-corrected chi connectivity index (χ4v) is 1.78. The first-order chi connectivity index (χ1) is 7.54.